The number of ether oxygens (including phenoxy) is 1. The number of carbonyl (C=O) groups excluding carboxylic acids is 2. The van der Waals surface area contributed by atoms with Gasteiger partial charge in [-0.3, -0.25) is 19.9 Å². The molecule has 35 heavy (non-hydrogen) atoms. The van der Waals surface area contributed by atoms with Gasteiger partial charge in [0.2, 0.25) is 11.5 Å². The summed E-state index contributed by atoms with van der Waals surface area (Å²) in [5, 5.41) is 1.84. The molecule has 3 rings (SSSR count). The van der Waals surface area contributed by atoms with Crippen molar-refractivity contribution in [2.45, 2.75) is 31.7 Å². The van der Waals surface area contributed by atoms with Crippen molar-refractivity contribution in [1.29, 1.82) is 0 Å². The van der Waals surface area contributed by atoms with E-state index in [1.807, 2.05) is 0 Å². The maximum atomic E-state index is 14.3. The first-order valence-electron chi connectivity index (χ1n) is 9.97. The monoisotopic (exact) mass is 554 g/mol. The minimum Gasteiger partial charge on any atom is -0.466 e. The fourth-order valence-electron chi connectivity index (χ4n) is 3.23. The second kappa shape index (κ2) is 10.6. The molecule has 2 N–H and O–H groups in total. The van der Waals surface area contributed by atoms with Crippen molar-refractivity contribution in [3.63, 3.8) is 0 Å². The fraction of sp³-hybridized carbons (Fsp3) is 0.273. The molecule has 13 heteroatoms. The lowest BCUT2D eigenvalue weighted by atomic mass is 9.91. The third-order valence-corrected chi connectivity index (χ3v) is 6.14. The van der Waals surface area contributed by atoms with Gasteiger partial charge in [-0.25, -0.2) is 4.39 Å². The second-order valence-corrected chi connectivity index (χ2v) is 8.51. The van der Waals surface area contributed by atoms with Crippen LogP contribution < -0.4 is 10.8 Å². The van der Waals surface area contributed by atoms with E-state index in [4.69, 9.17) is 39.6 Å². The molecule has 1 heterocycles. The summed E-state index contributed by atoms with van der Waals surface area (Å²) < 4.78 is 61.5. The summed E-state index contributed by atoms with van der Waals surface area (Å²) in [6.45, 7) is 1.36. The first-order valence-corrected chi connectivity index (χ1v) is 11.1. The van der Waals surface area contributed by atoms with Crippen LogP contribution >= 0.6 is 34.8 Å². The van der Waals surface area contributed by atoms with Crippen LogP contribution in [0.5, 0.6) is 0 Å². The summed E-state index contributed by atoms with van der Waals surface area (Å²) in [7, 11) is 0. The van der Waals surface area contributed by atoms with Crippen molar-refractivity contribution < 1.29 is 36.7 Å². The van der Waals surface area contributed by atoms with Gasteiger partial charge in [0, 0.05) is 23.2 Å². The fourth-order valence-corrected chi connectivity index (χ4v) is 3.83. The number of hydroxylamine groups is 1. The molecule has 0 fully saturated rings. The van der Waals surface area contributed by atoms with E-state index >= 15 is 0 Å². The predicted octanol–water partition coefficient (Wildman–Crippen LogP) is 5.69. The van der Waals surface area contributed by atoms with Gasteiger partial charge in [0.15, 0.2) is 0 Å². The zero-order valence-corrected chi connectivity index (χ0v) is 20.1. The Morgan fingerprint density at radius 2 is 1.80 bits per heavy atom. The number of rotatable bonds is 7. The number of esters is 1. The predicted molar refractivity (Wildman–Crippen MR) is 121 cm³/mol. The zero-order valence-electron chi connectivity index (χ0n) is 17.9. The van der Waals surface area contributed by atoms with E-state index in [0.29, 0.717) is 0 Å². The molecular weight excluding hydrogens is 539 g/mol. The van der Waals surface area contributed by atoms with Crippen LogP contribution in [0.4, 0.5) is 17.6 Å². The average Bonchev–Trinajstić information content (AvgIpc) is 3.24. The standard InChI is InChI=1S/C22H17Cl3F4N2O4/c1-2-34-19(33)8-18(32)30-10-12-5-11(3-4-16(12)26)17-9-21(35-31-17,22(27,28)29)13-6-14(23)20(25)15(24)7-13/h3-7,9,31H,2,8,10H2,1H3,(H,30,32). The second-order valence-electron chi connectivity index (χ2n) is 7.31. The van der Waals surface area contributed by atoms with Crippen molar-refractivity contribution in [3.8, 4) is 0 Å². The highest BCUT2D eigenvalue weighted by atomic mass is 35.5. The number of hydrogen-bond donors (Lipinski definition) is 2. The van der Waals surface area contributed by atoms with Crippen LogP contribution in [-0.4, -0.2) is 24.7 Å². The Bertz CT molecular complexity index is 1170. The molecule has 0 aromatic heterocycles. The molecule has 2 aromatic rings. The van der Waals surface area contributed by atoms with E-state index in [1.165, 1.54) is 12.1 Å². The van der Waals surface area contributed by atoms with E-state index in [9.17, 15) is 27.2 Å². The summed E-state index contributed by atoms with van der Waals surface area (Å²) in [6, 6.07) is 5.46. The lowest BCUT2D eigenvalue weighted by molar-refractivity contribution is -0.269. The van der Waals surface area contributed by atoms with Crippen LogP contribution in [0, 0.1) is 5.82 Å². The van der Waals surface area contributed by atoms with E-state index in [1.54, 1.807) is 6.92 Å². The lowest BCUT2D eigenvalue weighted by Crippen LogP contribution is -2.42. The van der Waals surface area contributed by atoms with E-state index in [-0.39, 0.29) is 45.0 Å². The SMILES string of the molecule is CCOC(=O)CC(=O)NCc1cc(C2=CC(c3cc(Cl)c(Cl)c(Cl)c3)(C(F)(F)F)ON2)ccc1F. The van der Waals surface area contributed by atoms with E-state index in [0.717, 1.165) is 24.3 Å². The third kappa shape index (κ3) is 5.83. The Kier molecular flexibility index (Phi) is 8.21. The third-order valence-electron chi connectivity index (χ3n) is 4.95. The van der Waals surface area contributed by atoms with Crippen LogP contribution in [0.15, 0.2) is 36.4 Å². The van der Waals surface area contributed by atoms with Crippen molar-refractivity contribution >= 4 is 52.4 Å². The van der Waals surface area contributed by atoms with Gasteiger partial charge in [-0.1, -0.05) is 34.8 Å². The highest BCUT2D eigenvalue weighted by Crippen LogP contribution is 2.49. The number of carbonyl (C=O) groups is 2. The summed E-state index contributed by atoms with van der Waals surface area (Å²) in [5.41, 5.74) is -1.20. The summed E-state index contributed by atoms with van der Waals surface area (Å²) in [5.74, 6) is -2.17. The van der Waals surface area contributed by atoms with Crippen molar-refractivity contribution in [3.05, 3.63) is 74.0 Å². The molecule has 2 aromatic carbocycles. The Hall–Kier alpha value is -2.53. The van der Waals surface area contributed by atoms with Crippen LogP contribution in [0.2, 0.25) is 15.1 Å². The summed E-state index contributed by atoms with van der Waals surface area (Å²) in [4.78, 5) is 28.2. The van der Waals surface area contributed by atoms with Crippen molar-refractivity contribution in [2.75, 3.05) is 6.61 Å². The number of alkyl halides is 3. The first kappa shape index (κ1) is 27.1. The Morgan fingerprint density at radius 1 is 1.14 bits per heavy atom. The van der Waals surface area contributed by atoms with Crippen LogP contribution in [0.25, 0.3) is 5.70 Å². The summed E-state index contributed by atoms with van der Waals surface area (Å²) >= 11 is 17.7. The van der Waals surface area contributed by atoms with E-state index in [2.05, 4.69) is 15.5 Å². The van der Waals surface area contributed by atoms with Gasteiger partial charge >= 0.3 is 12.1 Å². The minimum atomic E-state index is -4.95. The molecule has 1 amide bonds. The molecule has 1 aliphatic heterocycles. The highest BCUT2D eigenvalue weighted by molar-refractivity contribution is 6.48. The van der Waals surface area contributed by atoms with Gasteiger partial charge < -0.3 is 10.1 Å². The molecule has 0 bridgehead atoms. The van der Waals surface area contributed by atoms with Crippen molar-refractivity contribution in [1.82, 2.24) is 10.8 Å². The molecule has 1 aliphatic rings. The largest absolute Gasteiger partial charge is 0.466 e. The minimum absolute atomic E-state index is 0.0375. The van der Waals surface area contributed by atoms with Crippen LogP contribution in [0.1, 0.15) is 30.0 Å². The molecule has 0 spiro atoms. The maximum Gasteiger partial charge on any atom is 0.428 e. The molecule has 1 unspecified atom stereocenters. The lowest BCUT2D eigenvalue weighted by Gasteiger charge is -2.29. The molecule has 0 aliphatic carbocycles. The molecule has 1 atom stereocenters. The number of benzene rings is 2. The van der Waals surface area contributed by atoms with Gasteiger partial charge in [0.25, 0.3) is 0 Å². The Labute approximate surface area is 212 Å². The van der Waals surface area contributed by atoms with E-state index < -0.39 is 41.5 Å². The molecule has 0 saturated carbocycles. The van der Waals surface area contributed by atoms with Crippen LogP contribution in [0.3, 0.4) is 0 Å². The topological polar surface area (TPSA) is 76.7 Å². The average molecular weight is 556 g/mol. The number of halogens is 7. The van der Waals surface area contributed by atoms with Gasteiger partial charge in [0.05, 0.1) is 27.4 Å². The maximum absolute atomic E-state index is 14.3. The molecule has 6 nitrogen and oxygen atoms in total. The smallest absolute Gasteiger partial charge is 0.428 e. The van der Waals surface area contributed by atoms with Crippen LogP contribution in [-0.2, 0) is 31.3 Å². The normalized spacial score (nSPS) is 17.5. The molecule has 188 valence electrons. The number of nitrogens with one attached hydrogen (secondary N) is 2. The first-order chi connectivity index (χ1) is 16.4. The Morgan fingerprint density at radius 3 is 2.40 bits per heavy atom. The van der Waals surface area contributed by atoms with Gasteiger partial charge in [-0.2, -0.15) is 13.2 Å². The quantitative estimate of drug-likeness (QED) is 0.199. The van der Waals surface area contributed by atoms with Gasteiger partial charge in [-0.15, -0.1) is 0 Å². The zero-order chi connectivity index (χ0) is 26.0. The Balaban J connectivity index is 1.91. The number of hydrogen-bond acceptors (Lipinski definition) is 5. The van der Waals surface area contributed by atoms with Gasteiger partial charge in [-0.05, 0) is 43.3 Å². The van der Waals surface area contributed by atoms with Gasteiger partial charge in [0.1, 0.15) is 12.2 Å². The number of amides is 1. The highest BCUT2D eigenvalue weighted by Gasteiger charge is 2.59. The molecule has 0 saturated heterocycles. The molecule has 0 radical (unpaired) electrons. The van der Waals surface area contributed by atoms with Crippen molar-refractivity contribution in [2.24, 2.45) is 0 Å². The summed E-state index contributed by atoms with van der Waals surface area (Å²) in [6.07, 6.45) is -4.75. The molecular formula is C22H17Cl3F4N2O4.